The molecule has 0 aliphatic carbocycles. The van der Waals surface area contributed by atoms with Crippen molar-refractivity contribution in [2.75, 3.05) is 11.1 Å². The number of halogens is 5. The van der Waals surface area contributed by atoms with Crippen molar-refractivity contribution in [3.05, 3.63) is 59.2 Å². The number of benzene rings is 2. The molecule has 0 bridgehead atoms. The largest absolute Gasteiger partial charge is 0.416 e. The molecule has 0 saturated carbocycles. The molecule has 0 aromatic heterocycles. The fourth-order valence-corrected chi connectivity index (χ4v) is 2.94. The Balaban J connectivity index is 1.94. The monoisotopic (exact) mass is 428 g/mol. The Kier molecular flexibility index (Phi) is 8.20. The molecule has 0 aliphatic rings. The molecule has 0 fully saturated rings. The van der Waals surface area contributed by atoms with Crippen molar-refractivity contribution >= 4 is 17.3 Å². The lowest BCUT2D eigenvalue weighted by Gasteiger charge is -2.15. The number of aryl methyl sites for hydroxylation is 2. The molecule has 0 saturated heterocycles. The van der Waals surface area contributed by atoms with Gasteiger partial charge in [-0.3, -0.25) is 4.79 Å². The Morgan fingerprint density at radius 3 is 2.20 bits per heavy atom. The van der Waals surface area contributed by atoms with E-state index in [9.17, 15) is 26.7 Å². The SMILES string of the molecule is CCCC[C@H](F)[C@@H](F)C(=O)Nc1ccc(CCc2ccc(C(F)(F)F)cc2)cc1N. The number of alkyl halides is 5. The van der Waals surface area contributed by atoms with Crippen LogP contribution in [0.15, 0.2) is 42.5 Å². The van der Waals surface area contributed by atoms with E-state index >= 15 is 0 Å². The minimum absolute atomic E-state index is 0.0243. The Hall–Kier alpha value is -2.64. The molecule has 3 nitrogen and oxygen atoms in total. The Labute approximate surface area is 172 Å². The van der Waals surface area contributed by atoms with Crippen LogP contribution in [0.3, 0.4) is 0 Å². The van der Waals surface area contributed by atoms with Gasteiger partial charge >= 0.3 is 6.18 Å². The molecule has 0 heterocycles. The molecule has 1 amide bonds. The molecule has 0 aliphatic heterocycles. The number of carbonyl (C=O) groups is 1. The minimum atomic E-state index is -4.37. The lowest BCUT2D eigenvalue weighted by Crippen LogP contribution is -2.32. The molecule has 2 rings (SSSR count). The zero-order valence-corrected chi connectivity index (χ0v) is 16.6. The van der Waals surface area contributed by atoms with E-state index in [2.05, 4.69) is 5.32 Å². The normalized spacial score (nSPS) is 13.7. The quantitative estimate of drug-likeness (QED) is 0.387. The molecule has 3 N–H and O–H groups in total. The fourth-order valence-electron chi connectivity index (χ4n) is 2.94. The molecule has 2 atom stereocenters. The maximum atomic E-state index is 13.9. The topological polar surface area (TPSA) is 55.1 Å². The number of anilines is 2. The summed E-state index contributed by atoms with van der Waals surface area (Å²) in [4.78, 5) is 11.9. The lowest BCUT2D eigenvalue weighted by atomic mass is 10.0. The third-order valence-electron chi connectivity index (χ3n) is 4.76. The lowest BCUT2D eigenvalue weighted by molar-refractivity contribution is -0.137. The second-order valence-electron chi connectivity index (χ2n) is 7.17. The van der Waals surface area contributed by atoms with Gasteiger partial charge in [0.25, 0.3) is 5.91 Å². The van der Waals surface area contributed by atoms with Crippen LogP contribution in [-0.4, -0.2) is 18.3 Å². The van der Waals surface area contributed by atoms with Crippen LogP contribution in [0, 0.1) is 0 Å². The van der Waals surface area contributed by atoms with Gasteiger partial charge in [-0.1, -0.05) is 38.0 Å². The van der Waals surface area contributed by atoms with Crippen LogP contribution in [-0.2, 0) is 23.8 Å². The van der Waals surface area contributed by atoms with Gasteiger partial charge in [0.05, 0.1) is 16.9 Å². The third kappa shape index (κ3) is 6.71. The predicted octanol–water partition coefficient (Wildman–Crippen LogP) is 5.88. The summed E-state index contributed by atoms with van der Waals surface area (Å²) in [6.45, 7) is 1.85. The molecule has 2 aromatic rings. The summed E-state index contributed by atoms with van der Waals surface area (Å²) in [5, 5.41) is 2.30. The summed E-state index contributed by atoms with van der Waals surface area (Å²) in [5.74, 6) is -1.08. The average molecular weight is 428 g/mol. The van der Waals surface area contributed by atoms with Crippen LogP contribution < -0.4 is 11.1 Å². The standard InChI is InChI=1S/C22H25F5N2O/c1-2-3-4-17(23)20(24)21(30)29-19-12-9-15(13-18(19)28)6-5-14-7-10-16(11-8-14)22(25,26)27/h7-13,17,20H,2-6,28H2,1H3,(H,29,30)/t17-,20+/m0/s1. The molecule has 2 aromatic carbocycles. The molecule has 0 spiro atoms. The first-order valence-corrected chi connectivity index (χ1v) is 9.75. The Morgan fingerprint density at radius 1 is 1.03 bits per heavy atom. The van der Waals surface area contributed by atoms with Gasteiger partial charge in [0.2, 0.25) is 6.17 Å². The van der Waals surface area contributed by atoms with Gasteiger partial charge in [-0.15, -0.1) is 0 Å². The zero-order valence-electron chi connectivity index (χ0n) is 16.6. The average Bonchev–Trinajstić information content (AvgIpc) is 2.71. The number of amides is 1. The molecule has 30 heavy (non-hydrogen) atoms. The highest BCUT2D eigenvalue weighted by atomic mass is 19.4. The molecular weight excluding hydrogens is 403 g/mol. The summed E-state index contributed by atoms with van der Waals surface area (Å²) in [6, 6.07) is 9.69. The number of hydrogen-bond acceptors (Lipinski definition) is 2. The fraction of sp³-hybridized carbons (Fsp3) is 0.409. The van der Waals surface area contributed by atoms with Crippen molar-refractivity contribution in [1.82, 2.24) is 0 Å². The van der Waals surface area contributed by atoms with Crippen molar-refractivity contribution in [2.45, 2.75) is 57.5 Å². The number of nitrogens with two attached hydrogens (primary N) is 1. The number of unbranched alkanes of at least 4 members (excludes halogenated alkanes) is 1. The second kappa shape index (κ2) is 10.4. The highest BCUT2D eigenvalue weighted by molar-refractivity contribution is 5.97. The Morgan fingerprint density at radius 2 is 1.63 bits per heavy atom. The van der Waals surface area contributed by atoms with Gasteiger partial charge in [0.15, 0.2) is 0 Å². The van der Waals surface area contributed by atoms with Crippen LogP contribution >= 0.6 is 0 Å². The number of nitrogens with one attached hydrogen (secondary N) is 1. The zero-order chi connectivity index (χ0) is 22.3. The van der Waals surface area contributed by atoms with E-state index in [4.69, 9.17) is 5.73 Å². The van der Waals surface area contributed by atoms with Gasteiger partial charge in [0, 0.05) is 0 Å². The Bertz CT molecular complexity index is 836. The van der Waals surface area contributed by atoms with Crippen molar-refractivity contribution < 1.29 is 26.7 Å². The van der Waals surface area contributed by atoms with Crippen molar-refractivity contribution in [3.63, 3.8) is 0 Å². The minimum Gasteiger partial charge on any atom is -0.397 e. The van der Waals surface area contributed by atoms with Gasteiger partial charge in [-0.25, -0.2) is 8.78 Å². The van der Waals surface area contributed by atoms with Gasteiger partial charge in [-0.2, -0.15) is 13.2 Å². The van der Waals surface area contributed by atoms with Crippen LogP contribution in [0.5, 0.6) is 0 Å². The summed E-state index contributed by atoms with van der Waals surface area (Å²) >= 11 is 0. The first kappa shape index (κ1) is 23.6. The van der Waals surface area contributed by atoms with E-state index in [1.807, 2.05) is 6.92 Å². The first-order chi connectivity index (χ1) is 14.1. The summed E-state index contributed by atoms with van der Waals surface area (Å²) in [5.41, 5.74) is 7.12. The van der Waals surface area contributed by atoms with E-state index in [0.29, 0.717) is 25.7 Å². The maximum absolute atomic E-state index is 13.9. The predicted molar refractivity (Wildman–Crippen MR) is 108 cm³/mol. The van der Waals surface area contributed by atoms with Crippen LogP contribution in [0.2, 0.25) is 0 Å². The van der Waals surface area contributed by atoms with E-state index in [1.54, 1.807) is 12.1 Å². The summed E-state index contributed by atoms with van der Waals surface area (Å²) in [6.07, 6.45) is -6.33. The van der Waals surface area contributed by atoms with Crippen molar-refractivity contribution in [1.29, 1.82) is 0 Å². The van der Waals surface area contributed by atoms with Gasteiger partial charge < -0.3 is 11.1 Å². The summed E-state index contributed by atoms with van der Waals surface area (Å²) < 4.78 is 65.5. The third-order valence-corrected chi connectivity index (χ3v) is 4.76. The van der Waals surface area contributed by atoms with Gasteiger partial charge in [-0.05, 0) is 54.7 Å². The second-order valence-corrected chi connectivity index (χ2v) is 7.17. The molecule has 0 unspecified atom stereocenters. The van der Waals surface area contributed by atoms with E-state index < -0.39 is 30.0 Å². The number of nitrogen functional groups attached to an aromatic ring is 1. The van der Waals surface area contributed by atoms with Gasteiger partial charge in [0.1, 0.15) is 6.17 Å². The number of hydrogen-bond donors (Lipinski definition) is 2. The molecule has 164 valence electrons. The van der Waals surface area contributed by atoms with E-state index in [0.717, 1.165) is 23.3 Å². The van der Waals surface area contributed by atoms with Crippen LogP contribution in [0.4, 0.5) is 33.3 Å². The molecular formula is C22H25F5N2O. The van der Waals surface area contributed by atoms with Crippen LogP contribution in [0.25, 0.3) is 0 Å². The number of rotatable bonds is 9. The summed E-state index contributed by atoms with van der Waals surface area (Å²) in [7, 11) is 0. The van der Waals surface area contributed by atoms with Crippen LogP contribution in [0.1, 0.15) is 42.9 Å². The maximum Gasteiger partial charge on any atom is 0.416 e. The highest BCUT2D eigenvalue weighted by Gasteiger charge is 2.30. The number of carbonyl (C=O) groups excluding carboxylic acids is 1. The first-order valence-electron chi connectivity index (χ1n) is 9.75. The van der Waals surface area contributed by atoms with E-state index in [-0.39, 0.29) is 17.8 Å². The molecule has 8 heteroatoms. The van der Waals surface area contributed by atoms with Crippen molar-refractivity contribution in [2.24, 2.45) is 0 Å². The van der Waals surface area contributed by atoms with Crippen molar-refractivity contribution in [3.8, 4) is 0 Å². The highest BCUT2D eigenvalue weighted by Crippen LogP contribution is 2.29. The van der Waals surface area contributed by atoms with E-state index in [1.165, 1.54) is 18.2 Å². The smallest absolute Gasteiger partial charge is 0.397 e. The molecule has 0 radical (unpaired) electrons.